The second kappa shape index (κ2) is 5.04. The van der Waals surface area contributed by atoms with Gasteiger partial charge in [-0.25, -0.2) is 0 Å². The number of aliphatic hydroxyl groups excluding tert-OH is 1. The van der Waals surface area contributed by atoms with Crippen LogP contribution in [0, 0.1) is 26.2 Å². The first-order chi connectivity index (χ1) is 8.94. The van der Waals surface area contributed by atoms with Crippen LogP contribution in [0.3, 0.4) is 0 Å². The molecule has 0 radical (unpaired) electrons. The van der Waals surface area contributed by atoms with Gasteiger partial charge in [0.1, 0.15) is 5.75 Å². The van der Waals surface area contributed by atoms with Gasteiger partial charge in [0.25, 0.3) is 0 Å². The summed E-state index contributed by atoms with van der Waals surface area (Å²) in [5.41, 5.74) is 4.96. The predicted octanol–water partition coefficient (Wildman–Crippen LogP) is 2.83. The molecule has 106 valence electrons. The zero-order valence-electron chi connectivity index (χ0n) is 12.7. The molecule has 1 N–H and O–H groups in total. The van der Waals surface area contributed by atoms with Gasteiger partial charge in [0.2, 0.25) is 0 Å². The number of nitrogens with zero attached hydrogens (tertiary/aromatic N) is 1. The van der Waals surface area contributed by atoms with Gasteiger partial charge in [-0.2, -0.15) is 0 Å². The number of hydrogen-bond acceptors (Lipinski definition) is 3. The summed E-state index contributed by atoms with van der Waals surface area (Å²) in [7, 11) is 3.83. The summed E-state index contributed by atoms with van der Waals surface area (Å²) in [6.45, 7) is 7.51. The molecule has 0 unspecified atom stereocenters. The highest BCUT2D eigenvalue weighted by Gasteiger charge is 2.43. The van der Waals surface area contributed by atoms with Crippen LogP contribution in [0.1, 0.15) is 29.5 Å². The lowest BCUT2D eigenvalue weighted by Crippen LogP contribution is -2.29. The van der Waals surface area contributed by atoms with E-state index in [9.17, 15) is 5.11 Å². The van der Waals surface area contributed by atoms with Gasteiger partial charge in [-0.05, 0) is 50.3 Å². The second-order valence-corrected chi connectivity index (χ2v) is 6.03. The Hall–Kier alpha value is -1.22. The van der Waals surface area contributed by atoms with E-state index in [1.165, 1.54) is 16.7 Å². The van der Waals surface area contributed by atoms with Crippen LogP contribution >= 0.6 is 0 Å². The molecule has 1 aliphatic rings. The van der Waals surface area contributed by atoms with E-state index in [4.69, 9.17) is 4.74 Å². The summed E-state index contributed by atoms with van der Waals surface area (Å²) in [6.07, 6.45) is 2.25. The van der Waals surface area contributed by atoms with Gasteiger partial charge in [-0.15, -0.1) is 0 Å². The second-order valence-electron chi connectivity index (χ2n) is 6.03. The summed E-state index contributed by atoms with van der Waals surface area (Å²) < 4.78 is 5.62. The van der Waals surface area contributed by atoms with Crippen LogP contribution in [0.5, 0.6) is 5.75 Å². The maximum absolute atomic E-state index is 9.49. The summed E-state index contributed by atoms with van der Waals surface area (Å²) in [6, 6.07) is 2.21. The van der Waals surface area contributed by atoms with Gasteiger partial charge in [0, 0.05) is 19.0 Å². The van der Waals surface area contributed by atoms with E-state index >= 15 is 0 Å². The van der Waals surface area contributed by atoms with E-state index in [0.29, 0.717) is 0 Å². The van der Waals surface area contributed by atoms with Gasteiger partial charge in [-0.1, -0.05) is 6.07 Å². The molecule has 0 bridgehead atoms. The third-order valence-electron chi connectivity index (χ3n) is 4.40. The molecule has 0 aliphatic heterocycles. The van der Waals surface area contributed by atoms with E-state index in [2.05, 4.69) is 38.8 Å². The molecular formula is C16H25NO2. The van der Waals surface area contributed by atoms with Crippen LogP contribution in [0.4, 0.5) is 5.69 Å². The van der Waals surface area contributed by atoms with Crippen LogP contribution in [-0.2, 0) is 0 Å². The first-order valence-corrected chi connectivity index (χ1v) is 6.91. The monoisotopic (exact) mass is 263 g/mol. The van der Waals surface area contributed by atoms with Crippen molar-refractivity contribution < 1.29 is 9.84 Å². The van der Waals surface area contributed by atoms with Crippen molar-refractivity contribution in [2.75, 3.05) is 32.2 Å². The van der Waals surface area contributed by atoms with E-state index in [1.807, 2.05) is 0 Å². The Morgan fingerprint density at radius 3 is 2.37 bits per heavy atom. The number of methoxy groups -OCH3 is 1. The number of aliphatic hydroxyl groups is 1. The minimum absolute atomic E-state index is 0.116. The van der Waals surface area contributed by atoms with E-state index < -0.39 is 0 Å². The van der Waals surface area contributed by atoms with Crippen molar-refractivity contribution in [2.24, 2.45) is 5.41 Å². The molecule has 0 spiro atoms. The minimum Gasteiger partial charge on any atom is -0.494 e. The highest BCUT2D eigenvalue weighted by Crippen LogP contribution is 2.47. The van der Waals surface area contributed by atoms with E-state index in [-0.39, 0.29) is 12.0 Å². The Morgan fingerprint density at radius 2 is 1.89 bits per heavy atom. The van der Waals surface area contributed by atoms with Crippen molar-refractivity contribution in [1.29, 1.82) is 0 Å². The van der Waals surface area contributed by atoms with Gasteiger partial charge in [0.05, 0.1) is 19.4 Å². The largest absolute Gasteiger partial charge is 0.494 e. The number of aryl methyl sites for hydroxylation is 2. The number of ether oxygens (including phenoxy) is 1. The molecule has 2 rings (SSSR count). The maximum atomic E-state index is 9.49. The fourth-order valence-electron chi connectivity index (χ4n) is 2.89. The Balaban J connectivity index is 2.35. The standard InChI is InChI=1S/C16H25NO2/c1-11-8-12(2)14(15(19-5)13(11)3)17(4)9-16(10-18)6-7-16/h8,18H,6-7,9-10H2,1-5H3. The predicted molar refractivity (Wildman–Crippen MR) is 79.2 cm³/mol. The Labute approximate surface area is 116 Å². The van der Waals surface area contributed by atoms with Crippen LogP contribution < -0.4 is 9.64 Å². The lowest BCUT2D eigenvalue weighted by molar-refractivity contribution is 0.215. The molecule has 0 heterocycles. The van der Waals surface area contributed by atoms with Crippen molar-refractivity contribution in [3.8, 4) is 5.75 Å². The first kappa shape index (κ1) is 14.2. The minimum atomic E-state index is 0.116. The van der Waals surface area contributed by atoms with E-state index in [0.717, 1.165) is 30.8 Å². The molecule has 1 aromatic rings. The third kappa shape index (κ3) is 2.57. The topological polar surface area (TPSA) is 32.7 Å². The van der Waals surface area contributed by atoms with Gasteiger partial charge >= 0.3 is 0 Å². The summed E-state index contributed by atoms with van der Waals surface area (Å²) in [5.74, 6) is 0.966. The molecule has 3 heteroatoms. The zero-order chi connectivity index (χ0) is 14.2. The van der Waals surface area contributed by atoms with E-state index in [1.54, 1.807) is 7.11 Å². The molecule has 3 nitrogen and oxygen atoms in total. The van der Waals surface area contributed by atoms with Crippen LogP contribution in [0.2, 0.25) is 0 Å². The van der Waals surface area contributed by atoms with Crippen LogP contribution in [-0.4, -0.2) is 32.4 Å². The smallest absolute Gasteiger partial charge is 0.145 e. The summed E-state index contributed by atoms with van der Waals surface area (Å²) >= 11 is 0. The average Bonchev–Trinajstić information content (AvgIpc) is 3.13. The average molecular weight is 263 g/mol. The van der Waals surface area contributed by atoms with Crippen molar-refractivity contribution in [2.45, 2.75) is 33.6 Å². The Kier molecular flexibility index (Phi) is 3.77. The lowest BCUT2D eigenvalue weighted by Gasteiger charge is -2.29. The van der Waals surface area contributed by atoms with Crippen molar-refractivity contribution >= 4 is 5.69 Å². The molecule has 1 aromatic carbocycles. The first-order valence-electron chi connectivity index (χ1n) is 6.91. The summed E-state index contributed by atoms with van der Waals surface area (Å²) in [5, 5.41) is 9.49. The normalized spacial score (nSPS) is 16.3. The van der Waals surface area contributed by atoms with Crippen molar-refractivity contribution in [3.05, 3.63) is 22.8 Å². The molecule has 19 heavy (non-hydrogen) atoms. The fourth-order valence-corrected chi connectivity index (χ4v) is 2.89. The van der Waals surface area contributed by atoms with Crippen LogP contribution in [0.15, 0.2) is 6.07 Å². The number of rotatable bonds is 5. The molecule has 1 fully saturated rings. The number of hydrogen-bond donors (Lipinski definition) is 1. The molecule has 0 atom stereocenters. The quantitative estimate of drug-likeness (QED) is 0.886. The highest BCUT2D eigenvalue weighted by atomic mass is 16.5. The van der Waals surface area contributed by atoms with Gasteiger partial charge in [-0.3, -0.25) is 0 Å². The van der Waals surface area contributed by atoms with Crippen molar-refractivity contribution in [3.63, 3.8) is 0 Å². The SMILES string of the molecule is COc1c(C)c(C)cc(C)c1N(C)CC1(CO)CC1. The van der Waals surface area contributed by atoms with Crippen LogP contribution in [0.25, 0.3) is 0 Å². The van der Waals surface area contributed by atoms with Gasteiger partial charge < -0.3 is 14.7 Å². The molecular weight excluding hydrogens is 238 g/mol. The lowest BCUT2D eigenvalue weighted by atomic mass is 10.0. The van der Waals surface area contributed by atoms with Gasteiger partial charge in [0.15, 0.2) is 0 Å². The number of anilines is 1. The molecule has 0 amide bonds. The Morgan fingerprint density at radius 1 is 1.26 bits per heavy atom. The fraction of sp³-hybridized carbons (Fsp3) is 0.625. The summed E-state index contributed by atoms with van der Waals surface area (Å²) in [4.78, 5) is 2.24. The highest BCUT2D eigenvalue weighted by molar-refractivity contribution is 5.68. The Bertz CT molecular complexity index is 478. The molecule has 0 saturated heterocycles. The third-order valence-corrected chi connectivity index (χ3v) is 4.40. The molecule has 1 aliphatic carbocycles. The molecule has 1 saturated carbocycles. The van der Waals surface area contributed by atoms with Crippen molar-refractivity contribution in [1.82, 2.24) is 0 Å². The molecule has 0 aromatic heterocycles. The zero-order valence-corrected chi connectivity index (χ0v) is 12.7. The maximum Gasteiger partial charge on any atom is 0.145 e. The number of benzene rings is 1.